The summed E-state index contributed by atoms with van der Waals surface area (Å²) < 4.78 is 5.48. The highest BCUT2D eigenvalue weighted by atomic mass is 16.5. The third-order valence-corrected chi connectivity index (χ3v) is 6.06. The fourth-order valence-electron chi connectivity index (χ4n) is 4.40. The molecule has 1 saturated carbocycles. The quantitative estimate of drug-likeness (QED) is 0.662. The lowest BCUT2D eigenvalue weighted by Gasteiger charge is -2.38. The number of morpholine rings is 1. The number of pyridine rings is 1. The number of nitrogens with one attached hydrogen (secondary N) is 1. The molecule has 0 bridgehead atoms. The van der Waals surface area contributed by atoms with Gasteiger partial charge in [0.1, 0.15) is 5.82 Å². The van der Waals surface area contributed by atoms with Gasteiger partial charge in [0.25, 0.3) is 0 Å². The van der Waals surface area contributed by atoms with Crippen LogP contribution in [0.25, 0.3) is 0 Å². The topological polar surface area (TPSA) is 53.0 Å². The van der Waals surface area contributed by atoms with Gasteiger partial charge in [-0.05, 0) is 37.7 Å². The van der Waals surface area contributed by atoms with Crippen LogP contribution >= 0.6 is 0 Å². The molecule has 2 aliphatic heterocycles. The van der Waals surface area contributed by atoms with Crippen molar-refractivity contribution in [2.45, 2.75) is 39.2 Å². The van der Waals surface area contributed by atoms with Crippen molar-refractivity contribution in [3.63, 3.8) is 0 Å². The SMILES string of the molecule is CCNC(=NCc1cccnc1N1CCOCC1)N1CCC2(CCC2)C1. The van der Waals surface area contributed by atoms with Gasteiger partial charge in [0.05, 0.1) is 19.8 Å². The smallest absolute Gasteiger partial charge is 0.194 e. The van der Waals surface area contributed by atoms with E-state index in [1.54, 1.807) is 0 Å². The molecule has 3 heterocycles. The number of nitrogens with zero attached hydrogens (tertiary/aromatic N) is 4. The largest absolute Gasteiger partial charge is 0.378 e. The highest BCUT2D eigenvalue weighted by molar-refractivity contribution is 5.80. The summed E-state index contributed by atoms with van der Waals surface area (Å²) in [5, 5.41) is 3.50. The van der Waals surface area contributed by atoms with Crippen LogP contribution in [0, 0.1) is 5.41 Å². The minimum Gasteiger partial charge on any atom is -0.378 e. The lowest BCUT2D eigenvalue weighted by atomic mass is 9.68. The summed E-state index contributed by atoms with van der Waals surface area (Å²) in [6, 6.07) is 4.17. The summed E-state index contributed by atoms with van der Waals surface area (Å²) in [6.07, 6.45) is 7.40. The van der Waals surface area contributed by atoms with Crippen LogP contribution in [-0.2, 0) is 11.3 Å². The molecule has 0 atom stereocenters. The van der Waals surface area contributed by atoms with Crippen molar-refractivity contribution >= 4 is 11.8 Å². The Hall–Kier alpha value is -1.82. The van der Waals surface area contributed by atoms with Crippen LogP contribution in [-0.4, -0.2) is 61.8 Å². The minimum absolute atomic E-state index is 0.587. The van der Waals surface area contributed by atoms with Gasteiger partial charge in [0.15, 0.2) is 5.96 Å². The molecule has 6 nitrogen and oxygen atoms in total. The second-order valence-electron chi connectivity index (χ2n) is 7.78. The molecule has 3 aliphatic rings. The van der Waals surface area contributed by atoms with E-state index < -0.39 is 0 Å². The first-order valence-electron chi connectivity index (χ1n) is 10.1. The molecule has 0 amide bonds. The molecule has 2 saturated heterocycles. The van der Waals surface area contributed by atoms with Gasteiger partial charge in [0.2, 0.25) is 0 Å². The van der Waals surface area contributed by atoms with Gasteiger partial charge in [-0.2, -0.15) is 0 Å². The monoisotopic (exact) mass is 357 g/mol. The van der Waals surface area contributed by atoms with Gasteiger partial charge in [-0.25, -0.2) is 9.98 Å². The Morgan fingerprint density at radius 1 is 1.27 bits per heavy atom. The van der Waals surface area contributed by atoms with Crippen LogP contribution in [0.15, 0.2) is 23.3 Å². The van der Waals surface area contributed by atoms with E-state index in [1.165, 1.54) is 37.8 Å². The minimum atomic E-state index is 0.587. The molecule has 4 rings (SSSR count). The first kappa shape index (κ1) is 17.6. The lowest BCUT2D eigenvalue weighted by Crippen LogP contribution is -2.42. The van der Waals surface area contributed by atoms with Crippen molar-refractivity contribution < 1.29 is 4.74 Å². The zero-order valence-electron chi connectivity index (χ0n) is 15.9. The Kier molecular flexibility index (Phi) is 5.29. The molecular weight excluding hydrogens is 326 g/mol. The van der Waals surface area contributed by atoms with Crippen molar-refractivity contribution in [2.75, 3.05) is 50.8 Å². The van der Waals surface area contributed by atoms with E-state index in [0.29, 0.717) is 12.0 Å². The van der Waals surface area contributed by atoms with Gasteiger partial charge in [-0.15, -0.1) is 0 Å². The summed E-state index contributed by atoms with van der Waals surface area (Å²) >= 11 is 0. The zero-order chi connectivity index (χ0) is 17.8. The van der Waals surface area contributed by atoms with E-state index >= 15 is 0 Å². The molecule has 1 aromatic rings. The van der Waals surface area contributed by atoms with Crippen LogP contribution in [0.5, 0.6) is 0 Å². The van der Waals surface area contributed by atoms with Crippen molar-refractivity contribution in [1.82, 2.24) is 15.2 Å². The Morgan fingerprint density at radius 3 is 2.81 bits per heavy atom. The molecule has 142 valence electrons. The first-order valence-corrected chi connectivity index (χ1v) is 10.1. The first-order chi connectivity index (χ1) is 12.8. The summed E-state index contributed by atoms with van der Waals surface area (Å²) in [6.45, 7) is 9.39. The third kappa shape index (κ3) is 3.65. The van der Waals surface area contributed by atoms with Crippen molar-refractivity contribution in [2.24, 2.45) is 10.4 Å². The molecule has 26 heavy (non-hydrogen) atoms. The van der Waals surface area contributed by atoms with Crippen molar-refractivity contribution in [1.29, 1.82) is 0 Å². The summed E-state index contributed by atoms with van der Waals surface area (Å²) in [5.74, 6) is 2.13. The predicted octanol–water partition coefficient (Wildman–Crippen LogP) is 2.26. The number of guanidine groups is 1. The Morgan fingerprint density at radius 2 is 2.12 bits per heavy atom. The molecule has 1 aromatic heterocycles. The number of rotatable bonds is 4. The van der Waals surface area contributed by atoms with E-state index in [-0.39, 0.29) is 0 Å². The summed E-state index contributed by atoms with van der Waals surface area (Å²) in [7, 11) is 0. The number of ether oxygens (including phenoxy) is 1. The van der Waals surface area contributed by atoms with Crippen LogP contribution < -0.4 is 10.2 Å². The second-order valence-corrected chi connectivity index (χ2v) is 7.78. The maximum absolute atomic E-state index is 5.48. The normalized spacial score (nSPS) is 22.6. The van der Waals surface area contributed by atoms with E-state index in [0.717, 1.165) is 51.2 Å². The van der Waals surface area contributed by atoms with E-state index in [2.05, 4.69) is 33.1 Å². The molecule has 0 aromatic carbocycles. The van der Waals surface area contributed by atoms with Crippen LogP contribution in [0.4, 0.5) is 5.82 Å². The van der Waals surface area contributed by atoms with Gasteiger partial charge < -0.3 is 19.9 Å². The summed E-state index contributed by atoms with van der Waals surface area (Å²) in [5.41, 5.74) is 1.78. The van der Waals surface area contributed by atoms with Crippen molar-refractivity contribution in [3.8, 4) is 0 Å². The Bertz CT molecular complexity index is 637. The fourth-order valence-corrected chi connectivity index (χ4v) is 4.40. The highest BCUT2D eigenvalue weighted by Gasteiger charge is 2.43. The average Bonchev–Trinajstić information content (AvgIpc) is 3.12. The van der Waals surface area contributed by atoms with E-state index in [4.69, 9.17) is 9.73 Å². The molecular formula is C20H31N5O. The lowest BCUT2D eigenvalue weighted by molar-refractivity contribution is 0.122. The van der Waals surface area contributed by atoms with E-state index in [1.807, 2.05) is 12.3 Å². The van der Waals surface area contributed by atoms with Crippen LogP contribution in [0.2, 0.25) is 0 Å². The standard InChI is InChI=1S/C20H31N5O/c1-2-21-19(25-10-8-20(16-25)6-4-7-20)23-15-17-5-3-9-22-18(17)24-11-13-26-14-12-24/h3,5,9H,2,4,6-8,10-16H2,1H3,(H,21,23). The average molecular weight is 358 g/mol. The molecule has 0 radical (unpaired) electrons. The molecule has 6 heteroatoms. The van der Waals surface area contributed by atoms with Gasteiger partial charge in [-0.1, -0.05) is 12.5 Å². The maximum Gasteiger partial charge on any atom is 0.194 e. The van der Waals surface area contributed by atoms with Gasteiger partial charge in [-0.3, -0.25) is 0 Å². The number of likely N-dealkylation sites (tertiary alicyclic amines) is 1. The van der Waals surface area contributed by atoms with Crippen LogP contribution in [0.3, 0.4) is 0 Å². The van der Waals surface area contributed by atoms with E-state index in [9.17, 15) is 0 Å². The number of aliphatic imine (C=N–C) groups is 1. The molecule has 1 spiro atoms. The van der Waals surface area contributed by atoms with Crippen molar-refractivity contribution in [3.05, 3.63) is 23.9 Å². The number of aromatic nitrogens is 1. The van der Waals surface area contributed by atoms with Crippen LogP contribution in [0.1, 0.15) is 38.2 Å². The fraction of sp³-hybridized carbons (Fsp3) is 0.700. The molecule has 1 N–H and O–H groups in total. The second kappa shape index (κ2) is 7.82. The number of hydrogen-bond donors (Lipinski definition) is 1. The van der Waals surface area contributed by atoms with Gasteiger partial charge >= 0.3 is 0 Å². The third-order valence-electron chi connectivity index (χ3n) is 6.06. The summed E-state index contributed by atoms with van der Waals surface area (Å²) in [4.78, 5) is 14.4. The molecule has 3 fully saturated rings. The number of anilines is 1. The molecule has 1 aliphatic carbocycles. The maximum atomic E-state index is 5.48. The Balaban J connectivity index is 1.48. The number of hydrogen-bond acceptors (Lipinski definition) is 4. The predicted molar refractivity (Wildman–Crippen MR) is 105 cm³/mol. The van der Waals surface area contributed by atoms with Gasteiger partial charge in [0, 0.05) is 44.5 Å². The zero-order valence-corrected chi connectivity index (χ0v) is 15.9. The molecule has 0 unspecified atom stereocenters. The Labute approximate surface area is 156 Å². The highest BCUT2D eigenvalue weighted by Crippen LogP contribution is 2.47.